The van der Waals surface area contributed by atoms with Gasteiger partial charge in [-0.1, -0.05) is 0 Å². The molecule has 0 saturated heterocycles. The Morgan fingerprint density at radius 2 is 2.00 bits per heavy atom. The third-order valence-electron chi connectivity index (χ3n) is 3.52. The molecular weight excluding hydrogens is 266 g/mol. The summed E-state index contributed by atoms with van der Waals surface area (Å²) in [7, 11) is 1.64. The van der Waals surface area contributed by atoms with Crippen molar-refractivity contribution >= 4 is 11.9 Å². The van der Waals surface area contributed by atoms with Crippen LogP contribution in [0.4, 0.5) is 5.95 Å². The summed E-state index contributed by atoms with van der Waals surface area (Å²) >= 11 is 0. The van der Waals surface area contributed by atoms with Gasteiger partial charge in [0.1, 0.15) is 5.75 Å². The number of aromatic nitrogens is 2. The minimum Gasteiger partial charge on any atom is -0.497 e. The number of carbonyl (C=O) groups excluding carboxylic acids is 1. The third kappa shape index (κ3) is 3.02. The molecule has 21 heavy (non-hydrogen) atoms. The van der Waals surface area contributed by atoms with E-state index in [-0.39, 0.29) is 11.8 Å². The number of hydrogen-bond acceptors (Lipinski definition) is 4. The summed E-state index contributed by atoms with van der Waals surface area (Å²) in [5.41, 5.74) is 2.75. The molecule has 108 valence electrons. The topological polar surface area (TPSA) is 64.1 Å². The zero-order valence-electron chi connectivity index (χ0n) is 12.1. The highest BCUT2D eigenvalue weighted by Gasteiger charge is 2.30. The minimum atomic E-state index is 0.0135. The van der Waals surface area contributed by atoms with Crippen LogP contribution in [-0.2, 0) is 4.79 Å². The van der Waals surface area contributed by atoms with E-state index in [4.69, 9.17) is 4.74 Å². The molecule has 0 spiro atoms. The van der Waals surface area contributed by atoms with E-state index in [1.54, 1.807) is 13.3 Å². The Morgan fingerprint density at radius 3 is 2.62 bits per heavy atom. The predicted molar refractivity (Wildman–Crippen MR) is 80.1 cm³/mol. The van der Waals surface area contributed by atoms with Crippen molar-refractivity contribution in [1.29, 1.82) is 0 Å². The number of nitrogens with zero attached hydrogens (tertiary/aromatic N) is 2. The maximum atomic E-state index is 11.8. The highest BCUT2D eigenvalue weighted by atomic mass is 16.5. The Balaban J connectivity index is 1.87. The van der Waals surface area contributed by atoms with Crippen LogP contribution < -0.4 is 10.1 Å². The normalized spacial score (nSPS) is 13.8. The van der Waals surface area contributed by atoms with Gasteiger partial charge in [0.15, 0.2) is 0 Å². The number of hydrogen-bond donors (Lipinski definition) is 1. The van der Waals surface area contributed by atoms with E-state index in [1.807, 2.05) is 31.2 Å². The summed E-state index contributed by atoms with van der Waals surface area (Å²) in [4.78, 5) is 20.4. The average molecular weight is 283 g/mol. The second-order valence-corrected chi connectivity index (χ2v) is 5.22. The molecule has 2 aromatic rings. The fraction of sp³-hybridized carbons (Fsp3) is 0.312. The van der Waals surface area contributed by atoms with Crippen molar-refractivity contribution in [1.82, 2.24) is 9.97 Å². The number of ether oxygens (including phenoxy) is 1. The molecule has 1 aliphatic rings. The summed E-state index contributed by atoms with van der Waals surface area (Å²) in [6, 6.07) is 7.67. The molecule has 1 fully saturated rings. The van der Waals surface area contributed by atoms with Crippen LogP contribution in [0.25, 0.3) is 11.3 Å². The van der Waals surface area contributed by atoms with Gasteiger partial charge in [0.2, 0.25) is 11.9 Å². The van der Waals surface area contributed by atoms with Crippen molar-refractivity contribution in [2.24, 2.45) is 5.92 Å². The first-order chi connectivity index (χ1) is 10.2. The van der Waals surface area contributed by atoms with Gasteiger partial charge in [-0.05, 0) is 49.6 Å². The Bertz CT molecular complexity index is 664. The van der Waals surface area contributed by atoms with Crippen LogP contribution in [0, 0.1) is 12.8 Å². The number of anilines is 1. The van der Waals surface area contributed by atoms with Gasteiger partial charge in [-0.3, -0.25) is 10.1 Å². The molecule has 3 rings (SSSR count). The minimum absolute atomic E-state index is 0.0135. The molecule has 1 heterocycles. The number of carbonyl (C=O) groups is 1. The van der Waals surface area contributed by atoms with Gasteiger partial charge in [0, 0.05) is 17.7 Å². The second kappa shape index (κ2) is 5.52. The number of amides is 1. The largest absolute Gasteiger partial charge is 0.497 e. The Morgan fingerprint density at radius 1 is 1.29 bits per heavy atom. The van der Waals surface area contributed by atoms with Crippen LogP contribution in [-0.4, -0.2) is 23.0 Å². The summed E-state index contributed by atoms with van der Waals surface area (Å²) in [6.45, 7) is 1.95. The fourth-order valence-electron chi connectivity index (χ4n) is 2.10. The Kier molecular flexibility index (Phi) is 3.56. The van der Waals surface area contributed by atoms with Crippen LogP contribution in [0.1, 0.15) is 18.4 Å². The second-order valence-electron chi connectivity index (χ2n) is 5.22. The lowest BCUT2D eigenvalue weighted by molar-refractivity contribution is -0.117. The monoisotopic (exact) mass is 283 g/mol. The lowest BCUT2D eigenvalue weighted by atomic mass is 10.1. The zero-order chi connectivity index (χ0) is 14.8. The van der Waals surface area contributed by atoms with Crippen LogP contribution in [0.15, 0.2) is 30.5 Å². The molecule has 0 radical (unpaired) electrons. The summed E-state index contributed by atoms with van der Waals surface area (Å²) in [5.74, 6) is 1.31. The van der Waals surface area contributed by atoms with E-state index in [0.717, 1.165) is 35.4 Å². The molecule has 0 bridgehead atoms. The molecule has 1 aromatic heterocycles. The van der Waals surface area contributed by atoms with Crippen molar-refractivity contribution in [2.75, 3.05) is 12.4 Å². The first-order valence-electron chi connectivity index (χ1n) is 6.96. The summed E-state index contributed by atoms with van der Waals surface area (Å²) < 4.78 is 5.16. The average Bonchev–Trinajstić information content (AvgIpc) is 3.34. The molecule has 5 nitrogen and oxygen atoms in total. The molecule has 0 aliphatic heterocycles. The van der Waals surface area contributed by atoms with Gasteiger partial charge in [-0.15, -0.1) is 0 Å². The smallest absolute Gasteiger partial charge is 0.229 e. The van der Waals surface area contributed by atoms with Gasteiger partial charge in [0.25, 0.3) is 0 Å². The molecular formula is C16H17N3O2. The number of benzene rings is 1. The maximum absolute atomic E-state index is 11.8. The highest BCUT2D eigenvalue weighted by Crippen LogP contribution is 2.30. The molecule has 1 saturated carbocycles. The van der Waals surface area contributed by atoms with Gasteiger partial charge in [-0.25, -0.2) is 9.97 Å². The molecule has 1 amide bonds. The molecule has 0 atom stereocenters. The highest BCUT2D eigenvalue weighted by molar-refractivity contribution is 5.92. The number of aryl methyl sites for hydroxylation is 1. The van der Waals surface area contributed by atoms with E-state index in [1.165, 1.54) is 0 Å². The number of nitrogens with one attached hydrogen (secondary N) is 1. The molecule has 5 heteroatoms. The van der Waals surface area contributed by atoms with Crippen LogP contribution in [0.5, 0.6) is 5.75 Å². The lowest BCUT2D eigenvalue weighted by Crippen LogP contribution is -2.15. The van der Waals surface area contributed by atoms with Crippen LogP contribution in [0.2, 0.25) is 0 Å². The Labute approximate surface area is 123 Å². The van der Waals surface area contributed by atoms with Gasteiger partial charge in [-0.2, -0.15) is 0 Å². The first-order valence-corrected chi connectivity index (χ1v) is 6.96. The van der Waals surface area contributed by atoms with Crippen molar-refractivity contribution in [3.05, 3.63) is 36.0 Å². The van der Waals surface area contributed by atoms with Crippen LogP contribution >= 0.6 is 0 Å². The quantitative estimate of drug-likeness (QED) is 0.937. The van der Waals surface area contributed by atoms with Crippen molar-refractivity contribution in [3.8, 4) is 17.0 Å². The maximum Gasteiger partial charge on any atom is 0.229 e. The van der Waals surface area contributed by atoms with E-state index < -0.39 is 0 Å². The third-order valence-corrected chi connectivity index (χ3v) is 3.52. The lowest BCUT2D eigenvalue weighted by Gasteiger charge is -2.09. The molecule has 1 aromatic carbocycles. The van der Waals surface area contributed by atoms with Gasteiger partial charge >= 0.3 is 0 Å². The SMILES string of the molecule is COc1ccc(-c2nc(NC(=O)C3CC3)ncc2C)cc1. The molecule has 1 aliphatic carbocycles. The van der Waals surface area contributed by atoms with E-state index in [2.05, 4.69) is 15.3 Å². The number of rotatable bonds is 4. The zero-order valence-corrected chi connectivity index (χ0v) is 12.1. The van der Waals surface area contributed by atoms with E-state index in [0.29, 0.717) is 5.95 Å². The fourth-order valence-corrected chi connectivity index (χ4v) is 2.10. The Hall–Kier alpha value is -2.43. The summed E-state index contributed by atoms with van der Waals surface area (Å²) in [5, 5.41) is 2.78. The molecule has 0 unspecified atom stereocenters. The first kappa shape index (κ1) is 13.5. The standard InChI is InChI=1S/C16H17N3O2/c1-10-9-17-16(19-15(20)12-3-4-12)18-14(10)11-5-7-13(21-2)8-6-11/h5-9,12H,3-4H2,1-2H3,(H,17,18,19,20). The predicted octanol–water partition coefficient (Wildman–Crippen LogP) is 2.81. The van der Waals surface area contributed by atoms with E-state index >= 15 is 0 Å². The van der Waals surface area contributed by atoms with Crippen molar-refractivity contribution < 1.29 is 9.53 Å². The van der Waals surface area contributed by atoms with Crippen LogP contribution in [0.3, 0.4) is 0 Å². The number of methoxy groups -OCH3 is 1. The van der Waals surface area contributed by atoms with E-state index in [9.17, 15) is 4.79 Å². The molecule has 1 N–H and O–H groups in total. The van der Waals surface area contributed by atoms with Crippen molar-refractivity contribution in [2.45, 2.75) is 19.8 Å². The van der Waals surface area contributed by atoms with Gasteiger partial charge < -0.3 is 4.74 Å². The summed E-state index contributed by atoms with van der Waals surface area (Å²) in [6.07, 6.45) is 3.65. The van der Waals surface area contributed by atoms with Gasteiger partial charge in [0.05, 0.1) is 12.8 Å². The van der Waals surface area contributed by atoms with Crippen molar-refractivity contribution in [3.63, 3.8) is 0 Å².